The first-order valence-electron chi connectivity index (χ1n) is 6.99. The molecule has 0 unspecified atom stereocenters. The second kappa shape index (κ2) is 6.67. The predicted octanol–water partition coefficient (Wildman–Crippen LogP) is 3.03. The molecule has 0 aliphatic carbocycles. The number of halogens is 1. The van der Waals surface area contributed by atoms with Crippen LogP contribution >= 0.6 is 11.6 Å². The third-order valence-electron chi connectivity index (χ3n) is 3.28. The van der Waals surface area contributed by atoms with Crippen LogP contribution in [0, 0.1) is 0 Å². The summed E-state index contributed by atoms with van der Waals surface area (Å²) in [5, 5.41) is 13.3. The van der Waals surface area contributed by atoms with Gasteiger partial charge in [-0.1, -0.05) is 37.6 Å². The Morgan fingerprint density at radius 2 is 1.76 bits per heavy atom. The van der Waals surface area contributed by atoms with Gasteiger partial charge in [0.25, 0.3) is 0 Å². The maximum absolute atomic E-state index is 12.0. The zero-order valence-electron chi connectivity index (χ0n) is 13.4. The molecule has 0 bridgehead atoms. The van der Waals surface area contributed by atoms with Crippen LogP contribution in [0.25, 0.3) is 0 Å². The van der Waals surface area contributed by atoms with Crippen molar-refractivity contribution in [3.05, 3.63) is 34.9 Å². The van der Waals surface area contributed by atoms with E-state index in [-0.39, 0.29) is 18.0 Å². The molecule has 1 aromatic carbocycles. The minimum absolute atomic E-state index is 0.195. The second-order valence-electron chi connectivity index (χ2n) is 6.72. The molecule has 118 valence electrons. The Kier molecular flexibility index (Phi) is 5.65. The van der Waals surface area contributed by atoms with E-state index in [1.165, 1.54) is 4.90 Å². The number of aliphatic hydroxyl groups is 1. The first-order valence-corrected chi connectivity index (χ1v) is 7.36. The van der Waals surface area contributed by atoms with Crippen molar-refractivity contribution in [3.8, 4) is 0 Å². The van der Waals surface area contributed by atoms with Gasteiger partial charge < -0.3 is 15.3 Å². The summed E-state index contributed by atoms with van der Waals surface area (Å²) in [7, 11) is 1.67. The lowest BCUT2D eigenvalue weighted by atomic mass is 9.85. The van der Waals surface area contributed by atoms with E-state index < -0.39 is 5.60 Å². The number of carbonyl (C=O) groups is 1. The van der Waals surface area contributed by atoms with Gasteiger partial charge in [0, 0.05) is 24.0 Å². The Hall–Kier alpha value is -1.26. The van der Waals surface area contributed by atoms with Crippen LogP contribution in [0.15, 0.2) is 24.3 Å². The molecule has 0 spiro atoms. The Labute approximate surface area is 132 Å². The van der Waals surface area contributed by atoms with Gasteiger partial charge in [0.05, 0.1) is 12.1 Å². The molecular formula is C16H25ClN2O2. The van der Waals surface area contributed by atoms with E-state index in [0.29, 0.717) is 11.6 Å². The second-order valence-corrected chi connectivity index (χ2v) is 7.15. The molecule has 0 atom stereocenters. The van der Waals surface area contributed by atoms with Crippen LogP contribution in [0.4, 0.5) is 4.79 Å². The third kappa shape index (κ3) is 5.94. The van der Waals surface area contributed by atoms with Gasteiger partial charge in [-0.25, -0.2) is 4.79 Å². The van der Waals surface area contributed by atoms with Crippen molar-refractivity contribution in [1.29, 1.82) is 0 Å². The highest BCUT2D eigenvalue weighted by atomic mass is 35.5. The van der Waals surface area contributed by atoms with Crippen molar-refractivity contribution in [2.45, 2.75) is 38.7 Å². The minimum Gasteiger partial charge on any atom is -0.389 e. The minimum atomic E-state index is -0.905. The van der Waals surface area contributed by atoms with Crippen LogP contribution in [0.5, 0.6) is 0 Å². The van der Waals surface area contributed by atoms with E-state index in [2.05, 4.69) is 19.2 Å². The molecule has 1 rings (SSSR count). The number of hydrogen-bond donors (Lipinski definition) is 2. The van der Waals surface area contributed by atoms with E-state index in [0.717, 1.165) is 5.56 Å². The van der Waals surface area contributed by atoms with Gasteiger partial charge in [0.2, 0.25) is 0 Å². The van der Waals surface area contributed by atoms with Gasteiger partial charge in [-0.3, -0.25) is 0 Å². The van der Waals surface area contributed by atoms with E-state index in [4.69, 9.17) is 11.6 Å². The largest absolute Gasteiger partial charge is 0.389 e. The van der Waals surface area contributed by atoms with Crippen molar-refractivity contribution < 1.29 is 9.90 Å². The molecule has 5 heteroatoms. The lowest BCUT2D eigenvalue weighted by Gasteiger charge is -2.29. The van der Waals surface area contributed by atoms with E-state index in [1.54, 1.807) is 20.9 Å². The molecule has 0 aliphatic heterocycles. The molecule has 0 heterocycles. The number of carbonyl (C=O) groups excluding carboxylic acids is 1. The lowest BCUT2D eigenvalue weighted by Crippen LogP contribution is -2.47. The fourth-order valence-corrected chi connectivity index (χ4v) is 2.21. The molecule has 0 radical (unpaired) electrons. The number of benzene rings is 1. The summed E-state index contributed by atoms with van der Waals surface area (Å²) < 4.78 is 0. The van der Waals surface area contributed by atoms with Crippen LogP contribution in [-0.4, -0.2) is 41.8 Å². The molecule has 0 saturated heterocycles. The molecule has 0 aromatic heterocycles. The van der Waals surface area contributed by atoms with Gasteiger partial charge in [-0.15, -0.1) is 0 Å². The average molecular weight is 313 g/mol. The third-order valence-corrected chi connectivity index (χ3v) is 3.53. The highest BCUT2D eigenvalue weighted by Crippen LogP contribution is 2.23. The van der Waals surface area contributed by atoms with Crippen LogP contribution in [-0.2, 0) is 5.41 Å². The van der Waals surface area contributed by atoms with E-state index in [1.807, 2.05) is 24.3 Å². The average Bonchev–Trinajstić information content (AvgIpc) is 2.34. The SMILES string of the molecule is CN(CC(C)(C)O)C(=O)NCC(C)(C)c1ccc(Cl)cc1. The first-order chi connectivity index (χ1) is 9.51. The number of urea groups is 1. The topological polar surface area (TPSA) is 52.6 Å². The van der Waals surface area contributed by atoms with Crippen molar-refractivity contribution in [2.75, 3.05) is 20.1 Å². The Balaban J connectivity index is 2.60. The van der Waals surface area contributed by atoms with Gasteiger partial charge >= 0.3 is 6.03 Å². The molecule has 0 fully saturated rings. The van der Waals surface area contributed by atoms with Gasteiger partial charge in [0.15, 0.2) is 0 Å². The number of rotatable bonds is 5. The van der Waals surface area contributed by atoms with Gasteiger partial charge in [-0.05, 0) is 31.5 Å². The molecule has 21 heavy (non-hydrogen) atoms. The molecule has 1 aromatic rings. The maximum Gasteiger partial charge on any atom is 0.317 e. The summed E-state index contributed by atoms with van der Waals surface area (Å²) >= 11 is 5.89. The number of amides is 2. The first kappa shape index (κ1) is 17.8. The maximum atomic E-state index is 12.0. The quantitative estimate of drug-likeness (QED) is 0.878. The molecule has 2 N–H and O–H groups in total. The highest BCUT2D eigenvalue weighted by Gasteiger charge is 2.24. The summed E-state index contributed by atoms with van der Waals surface area (Å²) in [5.74, 6) is 0. The summed E-state index contributed by atoms with van der Waals surface area (Å²) in [4.78, 5) is 13.5. The summed E-state index contributed by atoms with van der Waals surface area (Å²) in [6.07, 6.45) is 0. The highest BCUT2D eigenvalue weighted by molar-refractivity contribution is 6.30. The van der Waals surface area contributed by atoms with Gasteiger partial charge in [0.1, 0.15) is 0 Å². The number of nitrogens with one attached hydrogen (secondary N) is 1. The number of hydrogen-bond acceptors (Lipinski definition) is 2. The molecular weight excluding hydrogens is 288 g/mol. The van der Waals surface area contributed by atoms with Gasteiger partial charge in [-0.2, -0.15) is 0 Å². The summed E-state index contributed by atoms with van der Waals surface area (Å²) in [6, 6.07) is 7.44. The normalized spacial score (nSPS) is 12.1. The molecule has 0 saturated carbocycles. The molecule has 2 amide bonds. The van der Waals surface area contributed by atoms with Crippen LogP contribution in [0.1, 0.15) is 33.3 Å². The van der Waals surface area contributed by atoms with Crippen molar-refractivity contribution >= 4 is 17.6 Å². The van der Waals surface area contributed by atoms with Crippen LogP contribution < -0.4 is 5.32 Å². The van der Waals surface area contributed by atoms with E-state index >= 15 is 0 Å². The zero-order valence-corrected chi connectivity index (χ0v) is 14.2. The Morgan fingerprint density at radius 3 is 2.24 bits per heavy atom. The lowest BCUT2D eigenvalue weighted by molar-refractivity contribution is 0.0530. The monoisotopic (exact) mass is 312 g/mol. The van der Waals surface area contributed by atoms with Crippen LogP contribution in [0.3, 0.4) is 0 Å². The van der Waals surface area contributed by atoms with E-state index in [9.17, 15) is 9.90 Å². The fourth-order valence-electron chi connectivity index (χ4n) is 2.09. The summed E-state index contributed by atoms with van der Waals surface area (Å²) in [6.45, 7) is 8.26. The standard InChI is InChI=1S/C16H25ClN2O2/c1-15(2,12-6-8-13(17)9-7-12)10-18-14(20)19(5)11-16(3,4)21/h6-9,21H,10-11H2,1-5H3,(H,18,20). The fraction of sp³-hybridized carbons (Fsp3) is 0.562. The molecule has 0 aliphatic rings. The van der Waals surface area contributed by atoms with Crippen molar-refractivity contribution in [1.82, 2.24) is 10.2 Å². The van der Waals surface area contributed by atoms with Crippen LogP contribution in [0.2, 0.25) is 5.02 Å². The Bertz CT molecular complexity index is 478. The smallest absolute Gasteiger partial charge is 0.317 e. The predicted molar refractivity (Wildman–Crippen MR) is 86.8 cm³/mol. The van der Waals surface area contributed by atoms with Crippen molar-refractivity contribution in [2.24, 2.45) is 0 Å². The number of likely N-dealkylation sites (N-methyl/N-ethyl adjacent to an activating group) is 1. The Morgan fingerprint density at radius 1 is 1.24 bits per heavy atom. The van der Waals surface area contributed by atoms with Crippen molar-refractivity contribution in [3.63, 3.8) is 0 Å². The molecule has 4 nitrogen and oxygen atoms in total. The zero-order chi connectivity index (χ0) is 16.3. The summed E-state index contributed by atoms with van der Waals surface area (Å²) in [5.41, 5.74) is 0.00509. The number of nitrogens with zero attached hydrogens (tertiary/aromatic N) is 1.